The lowest BCUT2D eigenvalue weighted by Gasteiger charge is -2.34. The number of hydrogen-bond acceptors (Lipinski definition) is 5. The van der Waals surface area contributed by atoms with Crippen LogP contribution in [0.25, 0.3) is 0 Å². The molecule has 0 bridgehead atoms. The van der Waals surface area contributed by atoms with E-state index in [0.717, 1.165) is 45.2 Å². The minimum atomic E-state index is -3.78. The molecule has 0 N–H and O–H groups in total. The second kappa shape index (κ2) is 9.13. The summed E-state index contributed by atoms with van der Waals surface area (Å²) in [6.45, 7) is 2.20. The van der Waals surface area contributed by atoms with Crippen LogP contribution in [0.15, 0.2) is 23.1 Å². The van der Waals surface area contributed by atoms with Crippen molar-refractivity contribution >= 4 is 15.9 Å². The van der Waals surface area contributed by atoms with Gasteiger partial charge in [0.2, 0.25) is 15.9 Å². The first-order valence-corrected chi connectivity index (χ1v) is 11.4. The van der Waals surface area contributed by atoms with Gasteiger partial charge in [0.25, 0.3) is 0 Å². The van der Waals surface area contributed by atoms with E-state index in [1.165, 1.54) is 24.6 Å². The topological polar surface area (TPSA) is 76.1 Å². The fourth-order valence-corrected chi connectivity index (χ4v) is 5.73. The Bertz CT molecular complexity index is 788. The van der Waals surface area contributed by atoms with Gasteiger partial charge in [-0.05, 0) is 37.8 Å². The molecule has 2 fully saturated rings. The highest BCUT2D eigenvalue weighted by Crippen LogP contribution is 2.33. The van der Waals surface area contributed by atoms with Gasteiger partial charge in [0, 0.05) is 32.2 Å². The molecule has 156 valence electrons. The number of hydrogen-bond donors (Lipinski definition) is 0. The molecule has 1 aromatic rings. The largest absolute Gasteiger partial charge is 0.497 e. The summed E-state index contributed by atoms with van der Waals surface area (Å²) < 4.78 is 38.5. The number of likely N-dealkylation sites (tertiary alicyclic amines) is 1. The fourth-order valence-electron chi connectivity index (χ4n) is 4.04. The number of rotatable bonds is 5. The van der Waals surface area contributed by atoms with E-state index in [-0.39, 0.29) is 29.0 Å². The molecule has 2 aliphatic rings. The van der Waals surface area contributed by atoms with E-state index < -0.39 is 10.0 Å². The van der Waals surface area contributed by atoms with Crippen molar-refractivity contribution in [1.82, 2.24) is 9.21 Å². The van der Waals surface area contributed by atoms with Gasteiger partial charge in [0.1, 0.15) is 16.4 Å². The van der Waals surface area contributed by atoms with Crippen LogP contribution >= 0.6 is 0 Å². The summed E-state index contributed by atoms with van der Waals surface area (Å²) in [6.07, 6.45) is 5.78. The number of ether oxygens (including phenoxy) is 2. The van der Waals surface area contributed by atoms with E-state index in [9.17, 15) is 13.2 Å². The Morgan fingerprint density at radius 3 is 2.36 bits per heavy atom. The molecule has 1 aromatic carbocycles. The molecule has 0 aromatic heterocycles. The smallest absolute Gasteiger partial charge is 0.246 e. The van der Waals surface area contributed by atoms with Crippen molar-refractivity contribution in [3.63, 3.8) is 0 Å². The summed E-state index contributed by atoms with van der Waals surface area (Å²) in [4.78, 5) is 15.0. The lowest BCUT2D eigenvalue weighted by Crippen LogP contribution is -2.47. The van der Waals surface area contributed by atoms with Gasteiger partial charge in [-0.15, -0.1) is 0 Å². The van der Waals surface area contributed by atoms with Crippen LogP contribution in [0.4, 0.5) is 0 Å². The summed E-state index contributed by atoms with van der Waals surface area (Å²) in [6, 6.07) is 4.74. The van der Waals surface area contributed by atoms with Crippen LogP contribution in [0, 0.1) is 5.92 Å². The lowest BCUT2D eigenvalue weighted by molar-refractivity contribution is -0.136. The first-order chi connectivity index (χ1) is 13.5. The number of piperidine rings is 1. The van der Waals surface area contributed by atoms with Crippen molar-refractivity contribution in [2.75, 3.05) is 40.4 Å². The maximum Gasteiger partial charge on any atom is 0.246 e. The molecule has 0 unspecified atom stereocenters. The quantitative estimate of drug-likeness (QED) is 0.746. The van der Waals surface area contributed by atoms with Gasteiger partial charge in [0.15, 0.2) is 0 Å². The van der Waals surface area contributed by atoms with Crippen molar-refractivity contribution in [2.24, 2.45) is 5.92 Å². The number of carbonyl (C=O) groups is 1. The molecule has 1 atom stereocenters. The third kappa shape index (κ3) is 4.43. The van der Waals surface area contributed by atoms with E-state index >= 15 is 0 Å². The van der Waals surface area contributed by atoms with Crippen molar-refractivity contribution in [3.8, 4) is 11.5 Å². The Hall–Kier alpha value is -1.80. The molecule has 0 radical (unpaired) electrons. The van der Waals surface area contributed by atoms with E-state index in [4.69, 9.17) is 9.47 Å². The number of amides is 1. The number of sulfonamides is 1. The van der Waals surface area contributed by atoms with Crippen molar-refractivity contribution < 1.29 is 22.7 Å². The number of methoxy groups -OCH3 is 2. The normalized spacial score (nSPS) is 21.8. The molecule has 28 heavy (non-hydrogen) atoms. The molecule has 0 saturated carbocycles. The molecule has 7 nitrogen and oxygen atoms in total. The van der Waals surface area contributed by atoms with E-state index in [1.54, 1.807) is 12.1 Å². The maximum absolute atomic E-state index is 13.3. The molecule has 1 amide bonds. The Kier molecular flexibility index (Phi) is 6.82. The van der Waals surface area contributed by atoms with Crippen LogP contribution in [0.1, 0.15) is 38.5 Å². The molecule has 2 heterocycles. The first-order valence-electron chi connectivity index (χ1n) is 9.98. The minimum Gasteiger partial charge on any atom is -0.497 e. The van der Waals surface area contributed by atoms with Crippen LogP contribution < -0.4 is 9.47 Å². The lowest BCUT2D eigenvalue weighted by atomic mass is 9.98. The van der Waals surface area contributed by atoms with Gasteiger partial charge in [-0.3, -0.25) is 4.79 Å². The molecule has 2 aliphatic heterocycles. The summed E-state index contributed by atoms with van der Waals surface area (Å²) in [5, 5.41) is 0. The van der Waals surface area contributed by atoms with Crippen LogP contribution in [0.5, 0.6) is 11.5 Å². The van der Waals surface area contributed by atoms with Crippen LogP contribution in [0.3, 0.4) is 0 Å². The first kappa shape index (κ1) is 20.9. The summed E-state index contributed by atoms with van der Waals surface area (Å²) >= 11 is 0. The molecule has 0 spiro atoms. The van der Waals surface area contributed by atoms with Gasteiger partial charge in [-0.25, -0.2) is 8.42 Å². The SMILES string of the molecule is COc1ccc(OC)c(S(=O)(=O)N2CCC[C@@H](C(=O)N3CCCCCC3)C2)c1. The Morgan fingerprint density at radius 1 is 1.00 bits per heavy atom. The molecular formula is C20H30N2O5S. The number of benzene rings is 1. The van der Waals surface area contributed by atoms with Crippen molar-refractivity contribution in [1.29, 1.82) is 0 Å². The molecule has 3 rings (SSSR count). The zero-order chi connectivity index (χ0) is 20.1. The van der Waals surface area contributed by atoms with Gasteiger partial charge in [0.05, 0.1) is 20.1 Å². The Labute approximate surface area is 167 Å². The van der Waals surface area contributed by atoms with Gasteiger partial charge < -0.3 is 14.4 Å². The predicted octanol–water partition coefficient (Wildman–Crippen LogP) is 2.51. The highest BCUT2D eigenvalue weighted by molar-refractivity contribution is 7.89. The average molecular weight is 411 g/mol. The molecule has 0 aliphatic carbocycles. The van der Waals surface area contributed by atoms with Crippen LogP contribution in [-0.2, 0) is 14.8 Å². The van der Waals surface area contributed by atoms with Crippen molar-refractivity contribution in [2.45, 2.75) is 43.4 Å². The predicted molar refractivity (Wildman–Crippen MR) is 106 cm³/mol. The van der Waals surface area contributed by atoms with Crippen LogP contribution in [0.2, 0.25) is 0 Å². The van der Waals surface area contributed by atoms with Gasteiger partial charge in [-0.2, -0.15) is 4.31 Å². The number of nitrogens with zero attached hydrogens (tertiary/aromatic N) is 2. The van der Waals surface area contributed by atoms with Gasteiger partial charge in [-0.1, -0.05) is 12.8 Å². The zero-order valence-electron chi connectivity index (χ0n) is 16.7. The zero-order valence-corrected chi connectivity index (χ0v) is 17.5. The Balaban J connectivity index is 1.80. The van der Waals surface area contributed by atoms with Crippen molar-refractivity contribution in [3.05, 3.63) is 18.2 Å². The summed E-state index contributed by atoms with van der Waals surface area (Å²) in [5.74, 6) is 0.549. The summed E-state index contributed by atoms with van der Waals surface area (Å²) in [7, 11) is -0.842. The second-order valence-corrected chi connectivity index (χ2v) is 9.36. The van der Waals surface area contributed by atoms with Crippen LogP contribution in [-0.4, -0.2) is 63.9 Å². The number of carbonyl (C=O) groups excluding carboxylic acids is 1. The van der Waals surface area contributed by atoms with E-state index in [0.29, 0.717) is 18.7 Å². The standard InChI is InChI=1S/C20H30N2O5S/c1-26-17-9-10-18(27-2)19(14-17)28(24,25)22-13-7-8-16(15-22)20(23)21-11-5-3-4-6-12-21/h9-10,14,16H,3-8,11-13,15H2,1-2H3/t16-/m1/s1. The summed E-state index contributed by atoms with van der Waals surface area (Å²) in [5.41, 5.74) is 0. The molecular weight excluding hydrogens is 380 g/mol. The van der Waals surface area contributed by atoms with E-state index in [1.807, 2.05) is 4.90 Å². The molecule has 2 saturated heterocycles. The van der Waals surface area contributed by atoms with E-state index in [2.05, 4.69) is 0 Å². The molecule has 8 heteroatoms. The minimum absolute atomic E-state index is 0.0808. The third-order valence-electron chi connectivity index (χ3n) is 5.64. The Morgan fingerprint density at radius 2 is 1.71 bits per heavy atom. The average Bonchev–Trinajstić information content (AvgIpc) is 3.02. The highest BCUT2D eigenvalue weighted by Gasteiger charge is 2.36. The van der Waals surface area contributed by atoms with Gasteiger partial charge >= 0.3 is 0 Å². The monoisotopic (exact) mass is 410 g/mol. The second-order valence-electron chi connectivity index (χ2n) is 7.46. The fraction of sp³-hybridized carbons (Fsp3) is 0.650. The maximum atomic E-state index is 13.3. The third-order valence-corrected chi connectivity index (χ3v) is 7.53. The highest BCUT2D eigenvalue weighted by atomic mass is 32.2.